The third-order valence-electron chi connectivity index (χ3n) is 4.10. The van der Waals surface area contributed by atoms with Crippen LogP contribution in [0.25, 0.3) is 15.7 Å². The van der Waals surface area contributed by atoms with Gasteiger partial charge in [-0.15, -0.1) is 11.3 Å². The first-order valence-electron chi connectivity index (χ1n) is 6.60. The van der Waals surface area contributed by atoms with Gasteiger partial charge in [-0.3, -0.25) is 4.79 Å². The minimum atomic E-state index is 0.400. The Kier molecular flexibility index (Phi) is 2.21. The number of rotatable bonds is 0. The molecular formula is C16H14OS. The fourth-order valence-electron chi connectivity index (χ4n) is 3.30. The van der Waals surface area contributed by atoms with Gasteiger partial charge >= 0.3 is 0 Å². The van der Waals surface area contributed by atoms with Crippen LogP contribution in [0.3, 0.4) is 0 Å². The molecule has 0 amide bonds. The lowest BCUT2D eigenvalue weighted by Gasteiger charge is -2.24. The van der Waals surface area contributed by atoms with Crippen molar-refractivity contribution in [2.75, 3.05) is 0 Å². The first kappa shape index (κ1) is 10.5. The second kappa shape index (κ2) is 3.79. The van der Waals surface area contributed by atoms with Crippen LogP contribution >= 0.6 is 11.3 Å². The van der Waals surface area contributed by atoms with Crippen molar-refractivity contribution >= 4 is 32.8 Å². The van der Waals surface area contributed by atoms with Crippen molar-refractivity contribution < 1.29 is 4.79 Å². The maximum atomic E-state index is 12.0. The van der Waals surface area contributed by atoms with E-state index in [1.165, 1.54) is 26.1 Å². The quantitative estimate of drug-likeness (QED) is 0.683. The highest BCUT2D eigenvalue weighted by atomic mass is 32.1. The first-order valence-corrected chi connectivity index (χ1v) is 7.42. The molecule has 0 unspecified atom stereocenters. The molecule has 0 saturated heterocycles. The molecule has 0 fully saturated rings. The molecule has 1 aromatic heterocycles. The van der Waals surface area contributed by atoms with Crippen molar-refractivity contribution in [2.24, 2.45) is 0 Å². The number of carbonyl (C=O) groups excluding carboxylic acids is 1. The van der Waals surface area contributed by atoms with Crippen molar-refractivity contribution in [3.8, 4) is 0 Å². The van der Waals surface area contributed by atoms with E-state index < -0.39 is 0 Å². The highest BCUT2D eigenvalue weighted by Gasteiger charge is 2.28. The molecule has 2 aliphatic carbocycles. The summed E-state index contributed by atoms with van der Waals surface area (Å²) in [7, 11) is 0. The van der Waals surface area contributed by atoms with Gasteiger partial charge in [-0.05, 0) is 48.5 Å². The molecule has 1 heterocycles. The molecule has 2 heteroatoms. The predicted octanol–water partition coefficient (Wildman–Crippen LogP) is 4.35. The maximum Gasteiger partial charge on any atom is 0.159 e. The highest BCUT2D eigenvalue weighted by Crippen LogP contribution is 2.45. The number of fused-ring (bicyclic) bond motifs is 4. The van der Waals surface area contributed by atoms with E-state index in [1.807, 2.05) is 11.3 Å². The third-order valence-corrected chi connectivity index (χ3v) is 5.33. The second-order valence-corrected chi connectivity index (χ2v) is 6.27. The molecule has 0 bridgehead atoms. The summed E-state index contributed by atoms with van der Waals surface area (Å²) in [6.45, 7) is 0. The van der Waals surface area contributed by atoms with Gasteiger partial charge in [-0.2, -0.15) is 0 Å². The number of ketones is 1. The summed E-state index contributed by atoms with van der Waals surface area (Å²) < 4.78 is 1.37. The van der Waals surface area contributed by atoms with Crippen molar-refractivity contribution in [3.05, 3.63) is 40.3 Å². The van der Waals surface area contributed by atoms with Gasteiger partial charge < -0.3 is 0 Å². The van der Waals surface area contributed by atoms with E-state index >= 15 is 0 Å². The van der Waals surface area contributed by atoms with E-state index in [0.29, 0.717) is 5.78 Å². The molecule has 0 aliphatic heterocycles. The summed E-state index contributed by atoms with van der Waals surface area (Å²) in [6.07, 6.45) is 4.90. The van der Waals surface area contributed by atoms with Crippen LogP contribution in [0.15, 0.2) is 29.8 Å². The number of aryl methyl sites for hydroxylation is 1. The number of benzene rings is 1. The monoisotopic (exact) mass is 254 g/mol. The average Bonchev–Trinajstić information content (AvgIpc) is 2.77. The third kappa shape index (κ3) is 1.36. The summed E-state index contributed by atoms with van der Waals surface area (Å²) in [5, 5.41) is 1.36. The van der Waals surface area contributed by atoms with E-state index in [-0.39, 0.29) is 0 Å². The fraction of sp³-hybridized carbons (Fsp3) is 0.312. The number of hydrogen-bond acceptors (Lipinski definition) is 2. The summed E-state index contributed by atoms with van der Waals surface area (Å²) in [5.74, 6) is 0.400. The Morgan fingerprint density at radius 2 is 1.83 bits per heavy atom. The van der Waals surface area contributed by atoms with E-state index in [2.05, 4.69) is 24.3 Å². The molecule has 0 atom stereocenters. The normalized spacial score (nSPS) is 19.0. The zero-order valence-corrected chi connectivity index (χ0v) is 11.0. The molecule has 0 N–H and O–H groups in total. The SMILES string of the molecule is O=C1CCCC2=C1CCc1sc3ccccc3c12. The van der Waals surface area contributed by atoms with Crippen LogP contribution < -0.4 is 0 Å². The zero-order chi connectivity index (χ0) is 12.1. The van der Waals surface area contributed by atoms with Crippen molar-refractivity contribution in [1.29, 1.82) is 0 Å². The lowest BCUT2D eigenvalue weighted by Crippen LogP contribution is -2.15. The fourth-order valence-corrected chi connectivity index (χ4v) is 4.54. The predicted molar refractivity (Wildman–Crippen MR) is 75.9 cm³/mol. The van der Waals surface area contributed by atoms with E-state index in [1.54, 1.807) is 0 Å². The number of allylic oxidation sites excluding steroid dienone is 2. The maximum absolute atomic E-state index is 12.0. The Bertz CT molecular complexity index is 690. The average molecular weight is 254 g/mol. The molecule has 90 valence electrons. The lowest BCUT2D eigenvalue weighted by atomic mass is 9.80. The van der Waals surface area contributed by atoms with Crippen molar-refractivity contribution in [2.45, 2.75) is 32.1 Å². The van der Waals surface area contributed by atoms with Crippen LogP contribution in [0.5, 0.6) is 0 Å². The lowest BCUT2D eigenvalue weighted by molar-refractivity contribution is -0.116. The minimum Gasteiger partial charge on any atom is -0.295 e. The summed E-state index contributed by atoms with van der Waals surface area (Å²) in [6, 6.07) is 8.61. The van der Waals surface area contributed by atoms with E-state index in [9.17, 15) is 4.79 Å². The standard InChI is InChI=1S/C16H14OS/c17-13-6-3-5-11-10(13)8-9-15-16(11)12-4-1-2-7-14(12)18-15/h1-2,4,7H,3,5-6,8-9H2. The van der Waals surface area contributed by atoms with Crippen LogP contribution in [-0.2, 0) is 11.2 Å². The first-order chi connectivity index (χ1) is 8.84. The van der Waals surface area contributed by atoms with Gasteiger partial charge in [0.1, 0.15) is 0 Å². The van der Waals surface area contributed by atoms with Crippen molar-refractivity contribution in [3.63, 3.8) is 0 Å². The largest absolute Gasteiger partial charge is 0.295 e. The number of thiophene rings is 1. The van der Waals surface area contributed by atoms with E-state index in [0.717, 1.165) is 37.7 Å². The van der Waals surface area contributed by atoms with Crippen LogP contribution in [0.4, 0.5) is 0 Å². The summed E-state index contributed by atoms with van der Waals surface area (Å²) in [5.41, 5.74) is 3.91. The van der Waals surface area contributed by atoms with Gasteiger partial charge in [0.15, 0.2) is 5.78 Å². The molecular weight excluding hydrogens is 240 g/mol. The molecule has 2 aliphatic rings. The zero-order valence-electron chi connectivity index (χ0n) is 10.2. The van der Waals surface area contributed by atoms with Gasteiger partial charge in [0.2, 0.25) is 0 Å². The summed E-state index contributed by atoms with van der Waals surface area (Å²) >= 11 is 1.91. The van der Waals surface area contributed by atoms with Crippen molar-refractivity contribution in [1.82, 2.24) is 0 Å². The second-order valence-electron chi connectivity index (χ2n) is 5.13. The molecule has 18 heavy (non-hydrogen) atoms. The molecule has 1 aromatic carbocycles. The molecule has 0 spiro atoms. The summed E-state index contributed by atoms with van der Waals surface area (Å²) in [4.78, 5) is 13.5. The Labute approximate surface area is 110 Å². The van der Waals surface area contributed by atoms with Crippen LogP contribution in [0.1, 0.15) is 36.1 Å². The topological polar surface area (TPSA) is 17.1 Å². The molecule has 0 radical (unpaired) electrons. The number of Topliss-reactive ketones (excluding diaryl/α,β-unsaturated/α-hetero) is 1. The van der Waals surface area contributed by atoms with Gasteiger partial charge in [0.25, 0.3) is 0 Å². The number of hydrogen-bond donors (Lipinski definition) is 0. The highest BCUT2D eigenvalue weighted by molar-refractivity contribution is 7.19. The molecule has 2 aromatic rings. The minimum absolute atomic E-state index is 0.400. The van der Waals surface area contributed by atoms with Gasteiger partial charge in [-0.25, -0.2) is 0 Å². The Morgan fingerprint density at radius 3 is 2.78 bits per heavy atom. The van der Waals surface area contributed by atoms with Gasteiger partial charge in [0.05, 0.1) is 0 Å². The molecule has 1 nitrogen and oxygen atoms in total. The molecule has 4 rings (SSSR count). The van der Waals surface area contributed by atoms with Crippen LogP contribution in [0, 0.1) is 0 Å². The number of carbonyl (C=O) groups is 1. The van der Waals surface area contributed by atoms with Gasteiger partial charge in [-0.1, -0.05) is 18.2 Å². The van der Waals surface area contributed by atoms with E-state index in [4.69, 9.17) is 0 Å². The smallest absolute Gasteiger partial charge is 0.159 e. The Balaban J connectivity index is 2.05. The van der Waals surface area contributed by atoms with Crippen LogP contribution in [-0.4, -0.2) is 5.78 Å². The Hall–Kier alpha value is -1.41. The molecule has 0 saturated carbocycles. The Morgan fingerprint density at radius 1 is 0.944 bits per heavy atom. The van der Waals surface area contributed by atoms with Gasteiger partial charge in [0, 0.05) is 21.4 Å². The van der Waals surface area contributed by atoms with Crippen LogP contribution in [0.2, 0.25) is 0 Å².